The molecule has 2 rings (SSSR count). The zero-order valence-electron chi connectivity index (χ0n) is 11.8. The van der Waals surface area contributed by atoms with E-state index in [2.05, 4.69) is 13.8 Å². The van der Waals surface area contributed by atoms with E-state index in [4.69, 9.17) is 22.3 Å². The summed E-state index contributed by atoms with van der Waals surface area (Å²) in [7, 11) is 1.39. The summed E-state index contributed by atoms with van der Waals surface area (Å²) in [6.45, 7) is 5.41. The smallest absolute Gasteiger partial charge is 0.262 e. The summed E-state index contributed by atoms with van der Waals surface area (Å²) in [6.07, 6.45) is 0.889. The predicted molar refractivity (Wildman–Crippen MR) is 83.3 cm³/mol. The van der Waals surface area contributed by atoms with Gasteiger partial charge in [0.25, 0.3) is 15.0 Å². The number of benzene rings is 1. The minimum atomic E-state index is -4.02. The van der Waals surface area contributed by atoms with Crippen molar-refractivity contribution in [1.29, 1.82) is 0 Å². The number of nitrogens with zero attached hydrogens (tertiary/aromatic N) is 1. The SMILES string of the molecule is CC1CCN(C(=O)c2c(Cl)cccc2S(=O)(=O)Cl)CC1C. The standard InChI is InChI=1S/C14H17Cl2NO3S/c1-9-6-7-17(8-10(9)2)14(18)13-11(15)4-3-5-12(13)21(16,19)20/h3-5,9-10H,6-8H2,1-2H3. The number of halogens is 2. The third kappa shape index (κ3) is 3.52. The van der Waals surface area contributed by atoms with E-state index in [-0.39, 0.29) is 21.4 Å². The second-order valence-electron chi connectivity index (χ2n) is 5.55. The molecule has 7 heteroatoms. The molecule has 1 amide bonds. The Bertz CT molecular complexity index is 660. The highest BCUT2D eigenvalue weighted by atomic mass is 35.7. The lowest BCUT2D eigenvalue weighted by Crippen LogP contribution is -2.42. The van der Waals surface area contributed by atoms with Gasteiger partial charge in [-0.2, -0.15) is 0 Å². The molecule has 21 heavy (non-hydrogen) atoms. The monoisotopic (exact) mass is 349 g/mol. The zero-order chi connectivity index (χ0) is 15.8. The molecule has 1 aromatic carbocycles. The molecule has 1 heterocycles. The molecule has 2 atom stereocenters. The molecule has 1 aliphatic heterocycles. The van der Waals surface area contributed by atoms with E-state index in [1.165, 1.54) is 18.2 Å². The fraction of sp³-hybridized carbons (Fsp3) is 0.500. The fourth-order valence-electron chi connectivity index (χ4n) is 2.52. The van der Waals surface area contributed by atoms with Crippen LogP contribution in [0.5, 0.6) is 0 Å². The Morgan fingerprint density at radius 3 is 2.52 bits per heavy atom. The van der Waals surface area contributed by atoms with Gasteiger partial charge in [0.1, 0.15) is 0 Å². The molecule has 1 fully saturated rings. The Morgan fingerprint density at radius 1 is 1.29 bits per heavy atom. The van der Waals surface area contributed by atoms with Crippen LogP contribution in [0.4, 0.5) is 0 Å². The third-order valence-electron chi connectivity index (χ3n) is 4.07. The van der Waals surface area contributed by atoms with Gasteiger partial charge in [-0.15, -0.1) is 0 Å². The van der Waals surface area contributed by atoms with Gasteiger partial charge in [-0.25, -0.2) is 8.42 Å². The normalized spacial score (nSPS) is 23.1. The van der Waals surface area contributed by atoms with E-state index in [1.54, 1.807) is 4.90 Å². The number of amides is 1. The van der Waals surface area contributed by atoms with E-state index in [0.717, 1.165) is 6.42 Å². The van der Waals surface area contributed by atoms with Crippen molar-refractivity contribution in [3.8, 4) is 0 Å². The number of hydrogen-bond donors (Lipinski definition) is 0. The summed E-state index contributed by atoms with van der Waals surface area (Å²) in [4.78, 5) is 14.1. The maximum atomic E-state index is 12.7. The first-order chi connectivity index (χ1) is 9.71. The van der Waals surface area contributed by atoms with Gasteiger partial charge in [-0.1, -0.05) is 31.5 Å². The van der Waals surface area contributed by atoms with Crippen LogP contribution in [0, 0.1) is 11.8 Å². The summed E-state index contributed by atoms with van der Waals surface area (Å²) in [5.41, 5.74) is -0.0316. The lowest BCUT2D eigenvalue weighted by atomic mass is 9.88. The van der Waals surface area contributed by atoms with Gasteiger partial charge in [0.15, 0.2) is 0 Å². The molecule has 4 nitrogen and oxygen atoms in total. The lowest BCUT2D eigenvalue weighted by molar-refractivity contribution is 0.0624. The quantitative estimate of drug-likeness (QED) is 0.769. The van der Waals surface area contributed by atoms with Gasteiger partial charge in [0.05, 0.1) is 15.5 Å². The first-order valence-electron chi connectivity index (χ1n) is 6.74. The van der Waals surface area contributed by atoms with E-state index < -0.39 is 9.05 Å². The Kier molecular flexibility index (Phi) is 4.85. The summed E-state index contributed by atoms with van der Waals surface area (Å²) in [6, 6.07) is 4.27. The topological polar surface area (TPSA) is 54.5 Å². The van der Waals surface area contributed by atoms with Crippen LogP contribution in [0.2, 0.25) is 5.02 Å². The highest BCUT2D eigenvalue weighted by Crippen LogP contribution is 2.30. The number of likely N-dealkylation sites (tertiary alicyclic amines) is 1. The maximum Gasteiger partial charge on any atom is 0.262 e. The van der Waals surface area contributed by atoms with Gasteiger partial charge < -0.3 is 4.90 Å². The summed E-state index contributed by atoms with van der Waals surface area (Å²) < 4.78 is 23.3. The predicted octanol–water partition coefficient (Wildman–Crippen LogP) is 3.39. The van der Waals surface area contributed by atoms with Crippen molar-refractivity contribution < 1.29 is 13.2 Å². The highest BCUT2D eigenvalue weighted by molar-refractivity contribution is 8.13. The number of piperidine rings is 1. The van der Waals surface area contributed by atoms with Crippen LogP contribution >= 0.6 is 22.3 Å². The van der Waals surface area contributed by atoms with E-state index in [1.807, 2.05) is 0 Å². The van der Waals surface area contributed by atoms with Crippen LogP contribution in [0.3, 0.4) is 0 Å². The summed E-state index contributed by atoms with van der Waals surface area (Å²) in [5, 5.41) is 0.105. The summed E-state index contributed by atoms with van der Waals surface area (Å²) in [5.74, 6) is 0.524. The fourth-order valence-corrected chi connectivity index (χ4v) is 3.90. The number of rotatable bonds is 2. The van der Waals surface area contributed by atoms with Gasteiger partial charge in [0, 0.05) is 23.8 Å². The van der Waals surface area contributed by atoms with Gasteiger partial charge in [-0.05, 0) is 30.4 Å². The van der Waals surface area contributed by atoms with Crippen molar-refractivity contribution in [3.63, 3.8) is 0 Å². The Labute approximate surface area is 134 Å². The molecule has 1 aliphatic rings. The van der Waals surface area contributed by atoms with Gasteiger partial charge in [0.2, 0.25) is 0 Å². The molecule has 0 saturated carbocycles. The first kappa shape index (κ1) is 16.6. The Morgan fingerprint density at radius 2 is 1.95 bits per heavy atom. The molecule has 0 spiro atoms. The molecule has 116 valence electrons. The first-order valence-corrected chi connectivity index (χ1v) is 9.43. The van der Waals surface area contributed by atoms with Gasteiger partial charge in [-0.3, -0.25) is 4.79 Å². The van der Waals surface area contributed by atoms with Crippen LogP contribution in [0.15, 0.2) is 23.1 Å². The van der Waals surface area contributed by atoms with Crippen LogP contribution in [-0.2, 0) is 9.05 Å². The molecule has 1 saturated heterocycles. The number of hydrogen-bond acceptors (Lipinski definition) is 3. The third-order valence-corrected chi connectivity index (χ3v) is 5.75. The zero-order valence-corrected chi connectivity index (χ0v) is 14.2. The molecule has 0 bridgehead atoms. The molecule has 0 radical (unpaired) electrons. The Hall–Kier alpha value is -0.780. The second-order valence-corrected chi connectivity index (χ2v) is 8.49. The van der Waals surface area contributed by atoms with Crippen molar-refractivity contribution in [3.05, 3.63) is 28.8 Å². The van der Waals surface area contributed by atoms with Crippen LogP contribution in [0.1, 0.15) is 30.6 Å². The second kappa shape index (κ2) is 6.15. The minimum absolute atomic E-state index is 0.0316. The van der Waals surface area contributed by atoms with E-state index in [0.29, 0.717) is 24.9 Å². The van der Waals surface area contributed by atoms with Crippen molar-refractivity contribution in [2.75, 3.05) is 13.1 Å². The Balaban J connectivity index is 2.40. The van der Waals surface area contributed by atoms with E-state index in [9.17, 15) is 13.2 Å². The number of carbonyl (C=O) groups excluding carboxylic acids is 1. The van der Waals surface area contributed by atoms with Gasteiger partial charge >= 0.3 is 0 Å². The van der Waals surface area contributed by atoms with Crippen molar-refractivity contribution in [2.24, 2.45) is 11.8 Å². The molecular weight excluding hydrogens is 333 g/mol. The lowest BCUT2D eigenvalue weighted by Gasteiger charge is -2.35. The number of carbonyl (C=O) groups is 1. The average Bonchev–Trinajstić information content (AvgIpc) is 2.40. The highest BCUT2D eigenvalue weighted by Gasteiger charge is 2.31. The molecule has 0 aliphatic carbocycles. The molecule has 0 N–H and O–H groups in total. The van der Waals surface area contributed by atoms with Crippen molar-refractivity contribution >= 4 is 37.2 Å². The largest absolute Gasteiger partial charge is 0.338 e. The molecule has 1 aromatic rings. The van der Waals surface area contributed by atoms with Crippen molar-refractivity contribution in [1.82, 2.24) is 4.90 Å². The van der Waals surface area contributed by atoms with Crippen LogP contribution in [-0.4, -0.2) is 32.3 Å². The molecule has 0 aromatic heterocycles. The summed E-state index contributed by atoms with van der Waals surface area (Å²) >= 11 is 6.04. The average molecular weight is 350 g/mol. The minimum Gasteiger partial charge on any atom is -0.338 e. The molecule has 2 unspecified atom stereocenters. The van der Waals surface area contributed by atoms with E-state index >= 15 is 0 Å². The maximum absolute atomic E-state index is 12.7. The van der Waals surface area contributed by atoms with Crippen LogP contribution < -0.4 is 0 Å². The van der Waals surface area contributed by atoms with Crippen molar-refractivity contribution in [2.45, 2.75) is 25.2 Å². The molecular formula is C14H17Cl2NO3S. The van der Waals surface area contributed by atoms with Crippen LogP contribution in [0.25, 0.3) is 0 Å².